The van der Waals surface area contributed by atoms with Gasteiger partial charge in [0.25, 0.3) is 5.92 Å². The summed E-state index contributed by atoms with van der Waals surface area (Å²) < 4.78 is 29.4. The van der Waals surface area contributed by atoms with E-state index in [1.54, 1.807) is 10.7 Å². The number of hydrogen-bond donors (Lipinski definition) is 1. The standard InChI is InChI=1S/C19H20F2N6/c1-3-15(13-4-7-17-24-11-25-27(17)9-13)16-8-22-18(26-12(16)2)23-10-19(20,21)14-5-6-14/h3-4,7-9,11,14H,5-6,10H2,1-2H3,(H,22,23,26)/b15-3-. The molecule has 6 nitrogen and oxygen atoms in total. The highest BCUT2D eigenvalue weighted by atomic mass is 19.3. The maximum atomic E-state index is 13.8. The number of alkyl halides is 2. The summed E-state index contributed by atoms with van der Waals surface area (Å²) in [6.07, 6.45) is 8.21. The van der Waals surface area contributed by atoms with E-state index in [0.717, 1.165) is 22.3 Å². The molecule has 0 atom stereocenters. The fourth-order valence-electron chi connectivity index (χ4n) is 3.12. The molecular formula is C19H20F2N6. The fraction of sp³-hybridized carbons (Fsp3) is 0.368. The average Bonchev–Trinajstić information content (AvgIpc) is 3.42. The molecule has 3 aromatic rings. The lowest BCUT2D eigenvalue weighted by atomic mass is 9.99. The molecule has 0 aromatic carbocycles. The summed E-state index contributed by atoms with van der Waals surface area (Å²) in [6.45, 7) is 3.34. The Balaban J connectivity index is 1.57. The third kappa shape index (κ3) is 3.51. The highest BCUT2D eigenvalue weighted by Crippen LogP contribution is 2.43. The summed E-state index contributed by atoms with van der Waals surface area (Å²) >= 11 is 0. The van der Waals surface area contributed by atoms with E-state index in [0.29, 0.717) is 18.5 Å². The second kappa shape index (κ2) is 6.68. The first kappa shape index (κ1) is 17.5. The van der Waals surface area contributed by atoms with Crippen LogP contribution in [0.3, 0.4) is 0 Å². The van der Waals surface area contributed by atoms with Crippen molar-refractivity contribution in [2.45, 2.75) is 32.6 Å². The lowest BCUT2D eigenvalue weighted by molar-refractivity contribution is -0.00832. The summed E-state index contributed by atoms with van der Waals surface area (Å²) in [5, 5.41) is 6.84. The van der Waals surface area contributed by atoms with Gasteiger partial charge in [-0.05, 0) is 44.4 Å². The molecule has 1 fully saturated rings. The van der Waals surface area contributed by atoms with Gasteiger partial charge >= 0.3 is 0 Å². The zero-order valence-electron chi connectivity index (χ0n) is 15.2. The molecule has 8 heteroatoms. The van der Waals surface area contributed by atoms with E-state index in [9.17, 15) is 8.78 Å². The summed E-state index contributed by atoms with van der Waals surface area (Å²) in [5.74, 6) is -3.00. The molecule has 0 bridgehead atoms. The van der Waals surface area contributed by atoms with Crippen LogP contribution in [-0.2, 0) is 0 Å². The van der Waals surface area contributed by atoms with Gasteiger partial charge in [-0.15, -0.1) is 0 Å². The molecule has 1 N–H and O–H groups in total. The maximum Gasteiger partial charge on any atom is 0.267 e. The first-order chi connectivity index (χ1) is 13.0. The van der Waals surface area contributed by atoms with Crippen molar-refractivity contribution in [2.75, 3.05) is 11.9 Å². The maximum absolute atomic E-state index is 13.8. The van der Waals surface area contributed by atoms with Gasteiger partial charge in [-0.25, -0.2) is 28.2 Å². The highest BCUT2D eigenvalue weighted by molar-refractivity contribution is 5.80. The van der Waals surface area contributed by atoms with Crippen molar-refractivity contribution in [2.24, 2.45) is 5.92 Å². The molecule has 1 aliphatic carbocycles. The molecule has 1 aliphatic rings. The third-order valence-corrected chi connectivity index (χ3v) is 4.80. The Kier molecular flexibility index (Phi) is 4.33. The van der Waals surface area contributed by atoms with Crippen LogP contribution in [0, 0.1) is 12.8 Å². The Morgan fingerprint density at radius 3 is 2.85 bits per heavy atom. The lowest BCUT2D eigenvalue weighted by Crippen LogP contribution is -2.30. The van der Waals surface area contributed by atoms with Crippen LogP contribution in [0.2, 0.25) is 0 Å². The molecule has 0 amide bonds. The Hall–Kier alpha value is -2.90. The number of fused-ring (bicyclic) bond motifs is 1. The van der Waals surface area contributed by atoms with Crippen LogP contribution in [0.15, 0.2) is 36.9 Å². The fourth-order valence-corrected chi connectivity index (χ4v) is 3.12. The van der Waals surface area contributed by atoms with Crippen LogP contribution in [0.5, 0.6) is 0 Å². The van der Waals surface area contributed by atoms with Crippen molar-refractivity contribution >= 4 is 17.2 Å². The first-order valence-electron chi connectivity index (χ1n) is 8.90. The third-order valence-electron chi connectivity index (χ3n) is 4.80. The minimum Gasteiger partial charge on any atom is -0.348 e. The van der Waals surface area contributed by atoms with Crippen LogP contribution < -0.4 is 5.32 Å². The van der Waals surface area contributed by atoms with E-state index >= 15 is 0 Å². The van der Waals surface area contributed by atoms with E-state index in [4.69, 9.17) is 0 Å². The molecule has 1 saturated carbocycles. The van der Waals surface area contributed by atoms with E-state index in [2.05, 4.69) is 25.4 Å². The monoisotopic (exact) mass is 370 g/mol. The smallest absolute Gasteiger partial charge is 0.267 e. The molecule has 140 valence electrons. The number of hydrogen-bond acceptors (Lipinski definition) is 5. The highest BCUT2D eigenvalue weighted by Gasteiger charge is 2.46. The van der Waals surface area contributed by atoms with Gasteiger partial charge in [0.05, 0.1) is 12.2 Å². The predicted octanol–water partition coefficient (Wildman–Crippen LogP) is 3.74. The SMILES string of the molecule is C/C=C(/c1ccc2ncnn2c1)c1cnc(NCC(F)(F)C2CC2)nc1C. The van der Waals surface area contributed by atoms with Crippen molar-refractivity contribution in [3.8, 4) is 0 Å². The minimum atomic E-state index is -2.71. The van der Waals surface area contributed by atoms with Crippen molar-refractivity contribution < 1.29 is 8.78 Å². The van der Waals surface area contributed by atoms with Gasteiger partial charge in [0, 0.05) is 29.4 Å². The lowest BCUT2D eigenvalue weighted by Gasteiger charge is -2.17. The summed E-state index contributed by atoms with van der Waals surface area (Å²) in [7, 11) is 0. The second-order valence-corrected chi connectivity index (χ2v) is 6.76. The summed E-state index contributed by atoms with van der Waals surface area (Å²) in [4.78, 5) is 12.8. The van der Waals surface area contributed by atoms with Crippen LogP contribution in [0.25, 0.3) is 11.2 Å². The molecular weight excluding hydrogens is 350 g/mol. The van der Waals surface area contributed by atoms with Gasteiger partial charge in [0.2, 0.25) is 5.95 Å². The number of nitrogens with one attached hydrogen (secondary N) is 1. The Labute approximate surface area is 155 Å². The van der Waals surface area contributed by atoms with Gasteiger partial charge in [0.15, 0.2) is 5.65 Å². The normalized spacial score (nSPS) is 15.3. The molecule has 0 unspecified atom stereocenters. The average molecular weight is 370 g/mol. The molecule has 4 rings (SSSR count). The number of aryl methyl sites for hydroxylation is 1. The minimum absolute atomic E-state index is 0.221. The van der Waals surface area contributed by atoms with E-state index in [-0.39, 0.29) is 5.95 Å². The van der Waals surface area contributed by atoms with Gasteiger partial charge < -0.3 is 5.32 Å². The van der Waals surface area contributed by atoms with Gasteiger partial charge in [-0.3, -0.25) is 0 Å². The van der Waals surface area contributed by atoms with Crippen LogP contribution in [0.4, 0.5) is 14.7 Å². The number of halogens is 2. The zero-order chi connectivity index (χ0) is 19.0. The topological polar surface area (TPSA) is 68.0 Å². The van der Waals surface area contributed by atoms with Gasteiger partial charge in [-0.2, -0.15) is 5.10 Å². The van der Waals surface area contributed by atoms with Crippen molar-refractivity contribution in [3.05, 3.63) is 53.8 Å². The molecule has 3 heterocycles. The van der Waals surface area contributed by atoms with Crippen molar-refractivity contribution in [1.82, 2.24) is 24.6 Å². The summed E-state index contributed by atoms with van der Waals surface area (Å²) in [5.41, 5.74) is 4.21. The largest absolute Gasteiger partial charge is 0.348 e. The number of allylic oxidation sites excluding steroid dienone is 1. The Morgan fingerprint density at radius 1 is 1.33 bits per heavy atom. The Bertz CT molecular complexity index is 1010. The molecule has 0 radical (unpaired) electrons. The second-order valence-electron chi connectivity index (χ2n) is 6.76. The van der Waals surface area contributed by atoms with Crippen LogP contribution >= 0.6 is 0 Å². The quantitative estimate of drug-likeness (QED) is 0.716. The van der Waals surface area contributed by atoms with Crippen LogP contribution in [-0.4, -0.2) is 37.0 Å². The van der Waals surface area contributed by atoms with Crippen LogP contribution in [0.1, 0.15) is 36.6 Å². The first-order valence-corrected chi connectivity index (χ1v) is 8.90. The molecule has 0 spiro atoms. The number of pyridine rings is 1. The van der Waals surface area contributed by atoms with Gasteiger partial charge in [0.1, 0.15) is 6.33 Å². The molecule has 27 heavy (non-hydrogen) atoms. The summed E-state index contributed by atoms with van der Waals surface area (Å²) in [6, 6.07) is 3.85. The van der Waals surface area contributed by atoms with E-state index in [1.165, 1.54) is 6.33 Å². The predicted molar refractivity (Wildman–Crippen MR) is 98.7 cm³/mol. The Morgan fingerprint density at radius 2 is 2.15 bits per heavy atom. The zero-order valence-corrected chi connectivity index (χ0v) is 15.2. The number of nitrogens with zero attached hydrogens (tertiary/aromatic N) is 5. The molecule has 0 saturated heterocycles. The molecule has 3 aromatic heterocycles. The van der Waals surface area contributed by atoms with E-state index < -0.39 is 18.4 Å². The molecule has 0 aliphatic heterocycles. The van der Waals surface area contributed by atoms with Crippen molar-refractivity contribution in [1.29, 1.82) is 0 Å². The van der Waals surface area contributed by atoms with Crippen molar-refractivity contribution in [3.63, 3.8) is 0 Å². The number of anilines is 1. The number of rotatable bonds is 6. The van der Waals surface area contributed by atoms with Gasteiger partial charge in [-0.1, -0.05) is 6.08 Å². The van der Waals surface area contributed by atoms with E-state index in [1.807, 2.05) is 38.3 Å². The number of aromatic nitrogens is 5.